The fourth-order valence-electron chi connectivity index (χ4n) is 2.34. The number of nitrogens with zero attached hydrogens (tertiary/aromatic N) is 1. The van der Waals surface area contributed by atoms with Gasteiger partial charge in [-0.05, 0) is 30.9 Å². The van der Waals surface area contributed by atoms with Gasteiger partial charge >= 0.3 is 6.03 Å². The number of para-hydroxylation sites is 1. The molecule has 0 atom stereocenters. The summed E-state index contributed by atoms with van der Waals surface area (Å²) in [7, 11) is 0. The lowest BCUT2D eigenvalue weighted by Crippen LogP contribution is -2.30. The molecule has 3 rings (SSSR count). The molecule has 0 aromatic heterocycles. The Morgan fingerprint density at radius 3 is 2.76 bits per heavy atom. The molecule has 3 N–H and O–H groups in total. The molecule has 1 aliphatic heterocycles. The van der Waals surface area contributed by atoms with Gasteiger partial charge in [-0.15, -0.1) is 0 Å². The Labute approximate surface area is 101 Å². The molecule has 90 valence electrons. The number of rotatable bonds is 3. The standard InChI is InChI=1S/C13H17N3O/c14-13(5-6-13)9-10-3-1-2-4-11(10)16-8-7-15-12(16)17/h1-4H,5-9,14H2,(H,15,17). The topological polar surface area (TPSA) is 58.4 Å². The van der Waals surface area contributed by atoms with Gasteiger partial charge in [0.1, 0.15) is 0 Å². The zero-order valence-electron chi connectivity index (χ0n) is 9.78. The fraction of sp³-hybridized carbons (Fsp3) is 0.462. The van der Waals surface area contributed by atoms with Gasteiger partial charge in [0, 0.05) is 24.3 Å². The summed E-state index contributed by atoms with van der Waals surface area (Å²) in [5.41, 5.74) is 8.34. The Balaban J connectivity index is 1.90. The number of hydrogen-bond acceptors (Lipinski definition) is 2. The lowest BCUT2D eigenvalue weighted by molar-refractivity contribution is 0.252. The molecule has 1 aromatic carbocycles. The summed E-state index contributed by atoms with van der Waals surface area (Å²) in [6.07, 6.45) is 3.05. The number of nitrogens with two attached hydrogens (primary N) is 1. The molecule has 4 heteroatoms. The molecule has 1 aromatic rings. The van der Waals surface area contributed by atoms with Crippen LogP contribution in [0.4, 0.5) is 10.5 Å². The van der Waals surface area contributed by atoms with Gasteiger partial charge in [-0.3, -0.25) is 4.90 Å². The van der Waals surface area contributed by atoms with Crippen molar-refractivity contribution in [3.63, 3.8) is 0 Å². The highest BCUT2D eigenvalue weighted by atomic mass is 16.2. The molecule has 1 heterocycles. The smallest absolute Gasteiger partial charge is 0.322 e. The Kier molecular flexibility index (Phi) is 2.33. The van der Waals surface area contributed by atoms with Crippen molar-refractivity contribution >= 4 is 11.7 Å². The fourth-order valence-corrected chi connectivity index (χ4v) is 2.34. The molecule has 0 spiro atoms. The lowest BCUT2D eigenvalue weighted by Gasteiger charge is -2.20. The monoisotopic (exact) mass is 231 g/mol. The predicted octanol–water partition coefficient (Wildman–Crippen LogP) is 1.25. The number of hydrogen-bond donors (Lipinski definition) is 2. The molecule has 2 fully saturated rings. The van der Waals surface area contributed by atoms with Gasteiger partial charge in [-0.1, -0.05) is 18.2 Å². The van der Waals surface area contributed by atoms with Crippen LogP contribution in [0.1, 0.15) is 18.4 Å². The van der Waals surface area contributed by atoms with Crippen LogP contribution in [0.2, 0.25) is 0 Å². The van der Waals surface area contributed by atoms with Crippen molar-refractivity contribution in [3.05, 3.63) is 29.8 Å². The van der Waals surface area contributed by atoms with E-state index >= 15 is 0 Å². The molecule has 1 aliphatic carbocycles. The maximum absolute atomic E-state index is 11.7. The van der Waals surface area contributed by atoms with Crippen LogP contribution in [0.15, 0.2) is 24.3 Å². The van der Waals surface area contributed by atoms with Crippen molar-refractivity contribution < 1.29 is 4.79 Å². The van der Waals surface area contributed by atoms with Crippen molar-refractivity contribution in [2.45, 2.75) is 24.8 Å². The van der Waals surface area contributed by atoms with E-state index in [9.17, 15) is 4.79 Å². The number of carbonyl (C=O) groups is 1. The highest BCUT2D eigenvalue weighted by molar-refractivity contribution is 5.94. The van der Waals surface area contributed by atoms with E-state index in [0.29, 0.717) is 0 Å². The molecular formula is C13H17N3O. The minimum atomic E-state index is -0.0215. The second kappa shape index (κ2) is 3.74. The van der Waals surface area contributed by atoms with Gasteiger partial charge in [-0.25, -0.2) is 4.79 Å². The molecule has 0 bridgehead atoms. The van der Waals surface area contributed by atoms with Crippen LogP contribution < -0.4 is 16.0 Å². The summed E-state index contributed by atoms with van der Waals surface area (Å²) < 4.78 is 0. The Bertz CT molecular complexity index is 454. The van der Waals surface area contributed by atoms with Crippen molar-refractivity contribution in [1.82, 2.24) is 5.32 Å². The average Bonchev–Trinajstić information content (AvgIpc) is 2.88. The van der Waals surface area contributed by atoms with Gasteiger partial charge in [0.2, 0.25) is 0 Å². The summed E-state index contributed by atoms with van der Waals surface area (Å²) in [6.45, 7) is 1.47. The molecule has 17 heavy (non-hydrogen) atoms. The SMILES string of the molecule is NC1(Cc2ccccc2N2CCNC2=O)CC1. The summed E-state index contributed by atoms with van der Waals surface area (Å²) in [5.74, 6) is 0. The first-order valence-electron chi connectivity index (χ1n) is 6.10. The van der Waals surface area contributed by atoms with Crippen LogP contribution in [-0.4, -0.2) is 24.7 Å². The van der Waals surface area contributed by atoms with Gasteiger partial charge in [0.15, 0.2) is 0 Å². The van der Waals surface area contributed by atoms with Crippen LogP contribution >= 0.6 is 0 Å². The van der Waals surface area contributed by atoms with Gasteiger partial charge in [-0.2, -0.15) is 0 Å². The van der Waals surface area contributed by atoms with Crippen molar-refractivity contribution in [2.24, 2.45) is 5.73 Å². The second-order valence-corrected chi connectivity index (χ2v) is 5.05. The predicted molar refractivity (Wildman–Crippen MR) is 67.0 cm³/mol. The third-order valence-electron chi connectivity index (χ3n) is 3.57. The third-order valence-corrected chi connectivity index (χ3v) is 3.57. The number of carbonyl (C=O) groups excluding carboxylic acids is 1. The minimum Gasteiger partial charge on any atom is -0.336 e. The summed E-state index contributed by atoms with van der Waals surface area (Å²) in [6, 6.07) is 8.07. The molecular weight excluding hydrogens is 214 g/mol. The molecule has 1 saturated heterocycles. The van der Waals surface area contributed by atoms with Crippen LogP contribution in [0, 0.1) is 0 Å². The van der Waals surface area contributed by atoms with E-state index < -0.39 is 0 Å². The quantitative estimate of drug-likeness (QED) is 0.822. The highest BCUT2D eigenvalue weighted by Gasteiger charge is 2.39. The summed E-state index contributed by atoms with van der Waals surface area (Å²) in [5, 5.41) is 2.83. The Morgan fingerprint density at radius 1 is 1.35 bits per heavy atom. The van der Waals surface area contributed by atoms with E-state index in [2.05, 4.69) is 11.4 Å². The number of amides is 2. The first-order valence-corrected chi connectivity index (χ1v) is 6.10. The van der Waals surface area contributed by atoms with E-state index in [4.69, 9.17) is 5.73 Å². The molecule has 2 amide bonds. The number of nitrogens with one attached hydrogen (secondary N) is 1. The maximum atomic E-state index is 11.7. The third kappa shape index (κ3) is 2.00. The first kappa shape index (κ1) is 10.6. The van der Waals surface area contributed by atoms with Crippen molar-refractivity contribution in [3.8, 4) is 0 Å². The van der Waals surface area contributed by atoms with Crippen molar-refractivity contribution in [2.75, 3.05) is 18.0 Å². The van der Waals surface area contributed by atoms with E-state index in [0.717, 1.165) is 38.0 Å². The highest BCUT2D eigenvalue weighted by Crippen LogP contribution is 2.38. The van der Waals surface area contributed by atoms with Gasteiger partial charge in [0.25, 0.3) is 0 Å². The Hall–Kier alpha value is -1.55. The minimum absolute atomic E-state index is 0.000631. The maximum Gasteiger partial charge on any atom is 0.322 e. The summed E-state index contributed by atoms with van der Waals surface area (Å²) in [4.78, 5) is 13.5. The van der Waals surface area contributed by atoms with Gasteiger partial charge in [0.05, 0.1) is 0 Å². The van der Waals surface area contributed by atoms with Gasteiger partial charge < -0.3 is 11.1 Å². The normalized spacial score (nSPS) is 21.5. The average molecular weight is 231 g/mol. The number of urea groups is 1. The van der Waals surface area contributed by atoms with Crippen molar-refractivity contribution in [1.29, 1.82) is 0 Å². The molecule has 1 saturated carbocycles. The van der Waals surface area contributed by atoms with E-state index in [-0.39, 0.29) is 11.6 Å². The van der Waals surface area contributed by atoms with Crippen LogP contribution in [0.5, 0.6) is 0 Å². The lowest BCUT2D eigenvalue weighted by atomic mass is 10.0. The number of anilines is 1. The molecule has 0 unspecified atom stereocenters. The van der Waals surface area contributed by atoms with E-state index in [1.807, 2.05) is 18.2 Å². The summed E-state index contributed by atoms with van der Waals surface area (Å²) >= 11 is 0. The van der Waals surface area contributed by atoms with Crippen LogP contribution in [0.25, 0.3) is 0 Å². The Morgan fingerprint density at radius 2 is 2.12 bits per heavy atom. The second-order valence-electron chi connectivity index (χ2n) is 5.05. The zero-order valence-corrected chi connectivity index (χ0v) is 9.78. The molecule has 0 radical (unpaired) electrons. The van der Waals surface area contributed by atoms with E-state index in [1.165, 1.54) is 5.56 Å². The first-order chi connectivity index (χ1) is 8.18. The van der Waals surface area contributed by atoms with E-state index in [1.54, 1.807) is 4.90 Å². The zero-order chi connectivity index (χ0) is 11.9. The largest absolute Gasteiger partial charge is 0.336 e. The van der Waals surface area contributed by atoms with Crippen LogP contribution in [-0.2, 0) is 6.42 Å². The molecule has 4 nitrogen and oxygen atoms in total. The number of benzene rings is 1. The van der Waals surface area contributed by atoms with Crippen LogP contribution in [0.3, 0.4) is 0 Å². The molecule has 2 aliphatic rings.